The fourth-order valence-corrected chi connectivity index (χ4v) is 3.06. The fourth-order valence-electron chi connectivity index (χ4n) is 3.06. The van der Waals surface area contributed by atoms with Crippen LogP contribution in [0.3, 0.4) is 0 Å². The van der Waals surface area contributed by atoms with Gasteiger partial charge in [0.05, 0.1) is 12.2 Å². The van der Waals surface area contributed by atoms with Gasteiger partial charge in [0, 0.05) is 0 Å². The molecule has 1 aliphatic rings. The van der Waals surface area contributed by atoms with Crippen LogP contribution in [0.5, 0.6) is 5.75 Å². The lowest BCUT2D eigenvalue weighted by Crippen LogP contribution is -2.26. The Hall–Kier alpha value is -1.55. The van der Waals surface area contributed by atoms with Crippen molar-refractivity contribution in [2.24, 2.45) is 11.3 Å². The fraction of sp³-hybridized carbons (Fsp3) is 0.619. The van der Waals surface area contributed by atoms with Gasteiger partial charge in [0.25, 0.3) is 0 Å². The molecule has 0 atom stereocenters. The third-order valence-electron chi connectivity index (χ3n) is 4.86. The zero-order valence-electron chi connectivity index (χ0n) is 16.0. The minimum absolute atomic E-state index is 0.323. The van der Waals surface area contributed by atoms with Crippen LogP contribution < -0.4 is 4.74 Å². The summed E-state index contributed by atoms with van der Waals surface area (Å²) >= 11 is 0. The predicted octanol–water partition coefficient (Wildman–Crippen LogP) is 5.72. The molecule has 0 heterocycles. The van der Waals surface area contributed by atoms with Crippen molar-refractivity contribution >= 4 is 5.97 Å². The summed E-state index contributed by atoms with van der Waals surface area (Å²) in [5, 5.41) is 0. The highest BCUT2D eigenvalue weighted by atomic mass is 17.2. The Bertz CT molecular complexity index is 522. The third kappa shape index (κ3) is 6.35. The van der Waals surface area contributed by atoms with E-state index in [0.29, 0.717) is 23.5 Å². The number of hydrogen-bond donors (Lipinski definition) is 0. The molecular formula is C21H31O4. The molecule has 25 heavy (non-hydrogen) atoms. The Morgan fingerprint density at radius 3 is 2.32 bits per heavy atom. The Kier molecular flexibility index (Phi) is 7.30. The summed E-state index contributed by atoms with van der Waals surface area (Å²) in [5.74, 6) is 0.988. The zero-order chi connectivity index (χ0) is 18.3. The summed E-state index contributed by atoms with van der Waals surface area (Å²) in [6.45, 7) is 9.64. The molecule has 2 rings (SSSR count). The molecule has 4 nitrogen and oxygen atoms in total. The highest BCUT2D eigenvalue weighted by Gasteiger charge is 2.31. The molecule has 0 amide bonds. The maximum Gasteiger partial charge on any atom is 0.373 e. The molecule has 0 aromatic heterocycles. The molecule has 1 aromatic rings. The topological polar surface area (TPSA) is 44.8 Å². The van der Waals surface area contributed by atoms with Gasteiger partial charge in [-0.05, 0) is 67.7 Å². The van der Waals surface area contributed by atoms with Gasteiger partial charge in [-0.15, -0.1) is 0 Å². The van der Waals surface area contributed by atoms with E-state index in [0.717, 1.165) is 50.4 Å². The van der Waals surface area contributed by atoms with Gasteiger partial charge in [0.1, 0.15) is 11.9 Å². The van der Waals surface area contributed by atoms with E-state index < -0.39 is 5.97 Å². The highest BCUT2D eigenvalue weighted by Crippen LogP contribution is 2.40. The van der Waals surface area contributed by atoms with Crippen LogP contribution >= 0.6 is 0 Å². The van der Waals surface area contributed by atoms with Crippen LogP contribution in [-0.2, 0) is 9.78 Å². The molecule has 0 saturated heterocycles. The predicted molar refractivity (Wildman–Crippen MR) is 98.0 cm³/mol. The monoisotopic (exact) mass is 347 g/mol. The van der Waals surface area contributed by atoms with Gasteiger partial charge in [-0.3, -0.25) is 4.89 Å². The smallest absolute Gasteiger partial charge is 0.373 e. The number of carbonyl (C=O) groups is 1. The average molecular weight is 347 g/mol. The molecule has 0 spiro atoms. The number of ether oxygens (including phenoxy) is 1. The van der Waals surface area contributed by atoms with E-state index in [4.69, 9.17) is 14.5 Å². The summed E-state index contributed by atoms with van der Waals surface area (Å²) in [6.07, 6.45) is 6.87. The second-order valence-electron chi connectivity index (χ2n) is 7.86. The number of unbranched alkanes of at least 4 members (excludes halogenated alkanes) is 1. The SMILES string of the molecule is CCCCOc1ccc(C(=O)OO[C]2CCC(C(C)(C)C)CC2)cc1. The van der Waals surface area contributed by atoms with E-state index in [1.165, 1.54) is 0 Å². The first-order chi connectivity index (χ1) is 11.9. The van der Waals surface area contributed by atoms with E-state index in [2.05, 4.69) is 27.7 Å². The lowest BCUT2D eigenvalue weighted by molar-refractivity contribution is -0.241. The van der Waals surface area contributed by atoms with Crippen LogP contribution in [0, 0.1) is 17.4 Å². The molecule has 0 N–H and O–H groups in total. The van der Waals surface area contributed by atoms with Gasteiger partial charge < -0.3 is 4.74 Å². The van der Waals surface area contributed by atoms with Crippen LogP contribution in [-0.4, -0.2) is 12.6 Å². The number of carbonyl (C=O) groups excluding carboxylic acids is 1. The second kappa shape index (κ2) is 9.23. The molecule has 139 valence electrons. The van der Waals surface area contributed by atoms with Gasteiger partial charge >= 0.3 is 5.97 Å². The molecule has 0 bridgehead atoms. The molecule has 0 aliphatic heterocycles. The van der Waals surface area contributed by atoms with Crippen molar-refractivity contribution in [1.29, 1.82) is 0 Å². The lowest BCUT2D eigenvalue weighted by Gasteiger charge is -2.35. The summed E-state index contributed by atoms with van der Waals surface area (Å²) in [4.78, 5) is 22.4. The molecule has 1 aliphatic carbocycles. The zero-order valence-corrected chi connectivity index (χ0v) is 16.0. The summed E-state index contributed by atoms with van der Waals surface area (Å²) in [5.41, 5.74) is 0.787. The van der Waals surface area contributed by atoms with E-state index in [-0.39, 0.29) is 0 Å². The van der Waals surface area contributed by atoms with Gasteiger partial charge in [-0.25, -0.2) is 4.79 Å². The van der Waals surface area contributed by atoms with Crippen molar-refractivity contribution in [1.82, 2.24) is 0 Å². The molecule has 1 saturated carbocycles. The van der Waals surface area contributed by atoms with Crippen molar-refractivity contribution in [2.75, 3.05) is 6.61 Å². The first kappa shape index (κ1) is 19.8. The Morgan fingerprint density at radius 2 is 1.76 bits per heavy atom. The minimum Gasteiger partial charge on any atom is -0.494 e. The van der Waals surface area contributed by atoms with Crippen molar-refractivity contribution in [2.45, 2.75) is 66.2 Å². The largest absolute Gasteiger partial charge is 0.494 e. The van der Waals surface area contributed by atoms with Gasteiger partial charge in [0.15, 0.2) is 0 Å². The summed E-state index contributed by atoms with van der Waals surface area (Å²) in [6, 6.07) is 6.98. The van der Waals surface area contributed by atoms with Gasteiger partial charge in [0.2, 0.25) is 0 Å². The summed E-state index contributed by atoms with van der Waals surface area (Å²) < 4.78 is 5.59. The number of rotatable bonds is 7. The lowest BCUT2D eigenvalue weighted by atomic mass is 9.72. The van der Waals surface area contributed by atoms with Gasteiger partial charge in [-0.1, -0.05) is 34.1 Å². The van der Waals surface area contributed by atoms with E-state index in [9.17, 15) is 4.79 Å². The van der Waals surface area contributed by atoms with Crippen molar-refractivity contribution in [3.8, 4) is 5.75 Å². The Balaban J connectivity index is 1.73. The maximum atomic E-state index is 12.1. The standard InChI is InChI=1S/C21H31O4/c1-5-6-15-23-18-11-7-16(8-12-18)20(22)25-24-19-13-9-17(10-14-19)21(2,3)4/h7-8,11-12,17H,5-6,9-10,13-15H2,1-4H3. The normalized spacial score (nSPS) is 16.6. The number of hydrogen-bond acceptors (Lipinski definition) is 4. The van der Waals surface area contributed by atoms with Crippen LogP contribution in [0.2, 0.25) is 0 Å². The Morgan fingerprint density at radius 1 is 1.12 bits per heavy atom. The quantitative estimate of drug-likeness (QED) is 0.359. The highest BCUT2D eigenvalue weighted by molar-refractivity contribution is 5.89. The minimum atomic E-state index is -0.467. The van der Waals surface area contributed by atoms with E-state index >= 15 is 0 Å². The molecule has 4 heteroatoms. The summed E-state index contributed by atoms with van der Waals surface area (Å²) in [7, 11) is 0. The van der Waals surface area contributed by atoms with Gasteiger partial charge in [-0.2, -0.15) is 4.89 Å². The second-order valence-corrected chi connectivity index (χ2v) is 7.86. The molecule has 1 radical (unpaired) electrons. The molecular weight excluding hydrogens is 316 g/mol. The van der Waals surface area contributed by atoms with Crippen LogP contribution in [0.4, 0.5) is 0 Å². The number of benzene rings is 1. The van der Waals surface area contributed by atoms with Crippen LogP contribution in [0.15, 0.2) is 24.3 Å². The third-order valence-corrected chi connectivity index (χ3v) is 4.86. The Labute approximate surface area is 151 Å². The first-order valence-electron chi connectivity index (χ1n) is 9.36. The van der Waals surface area contributed by atoms with E-state index in [1.54, 1.807) is 24.3 Å². The molecule has 1 aromatic carbocycles. The van der Waals surface area contributed by atoms with Crippen molar-refractivity contribution < 1.29 is 19.3 Å². The van der Waals surface area contributed by atoms with E-state index in [1.807, 2.05) is 0 Å². The average Bonchev–Trinajstić information content (AvgIpc) is 2.60. The first-order valence-corrected chi connectivity index (χ1v) is 9.36. The molecule has 0 unspecified atom stereocenters. The van der Waals surface area contributed by atoms with Crippen LogP contribution in [0.25, 0.3) is 0 Å². The maximum absolute atomic E-state index is 12.1. The van der Waals surface area contributed by atoms with Crippen molar-refractivity contribution in [3.63, 3.8) is 0 Å². The molecule has 1 fully saturated rings. The van der Waals surface area contributed by atoms with Crippen LogP contribution in [0.1, 0.15) is 76.6 Å². The van der Waals surface area contributed by atoms with Crippen molar-refractivity contribution in [3.05, 3.63) is 35.9 Å².